The van der Waals surface area contributed by atoms with Crippen molar-refractivity contribution >= 4 is 23.4 Å². The zero-order valence-corrected chi connectivity index (χ0v) is 14.9. The van der Waals surface area contributed by atoms with Gasteiger partial charge in [0.05, 0.1) is 29.6 Å². The van der Waals surface area contributed by atoms with Crippen LogP contribution in [0.25, 0.3) is 0 Å². The number of rotatable bonds is 2. The van der Waals surface area contributed by atoms with Crippen LogP contribution in [0.5, 0.6) is 5.75 Å². The summed E-state index contributed by atoms with van der Waals surface area (Å²) < 4.78 is 5.94. The predicted octanol–water partition coefficient (Wildman–Crippen LogP) is 1.05. The van der Waals surface area contributed by atoms with Gasteiger partial charge in [0.15, 0.2) is 5.79 Å². The standard InChI is InChI=1S/C18H20ClNO6/c1-20-16(23)11-4-8(7-21)18(25)12(15(11)17(20)24)6-14(26-18)10-3-2-9(22)5-13(10)19/h2-3,5,8,11-12,14-15,21-22,25H,4,6-7H2,1H3/t8-,11+,12+,14+,15+,18-/m1/s1. The van der Waals surface area contributed by atoms with Crippen LogP contribution in [0.2, 0.25) is 5.02 Å². The Hall–Kier alpha value is -1.67. The molecule has 1 saturated carbocycles. The molecule has 1 aromatic carbocycles. The molecule has 140 valence electrons. The predicted molar refractivity (Wildman–Crippen MR) is 89.9 cm³/mol. The molecule has 0 aromatic heterocycles. The Labute approximate surface area is 155 Å². The van der Waals surface area contributed by atoms with Crippen LogP contribution in [-0.4, -0.2) is 51.5 Å². The second-order valence-corrected chi connectivity index (χ2v) is 7.80. The van der Waals surface area contributed by atoms with E-state index in [0.717, 1.165) is 4.90 Å². The van der Waals surface area contributed by atoms with Gasteiger partial charge >= 0.3 is 0 Å². The molecule has 0 spiro atoms. The van der Waals surface area contributed by atoms with Crippen molar-refractivity contribution in [2.24, 2.45) is 23.7 Å². The number of carbonyl (C=O) groups excluding carboxylic acids is 2. The van der Waals surface area contributed by atoms with Gasteiger partial charge in [-0.2, -0.15) is 0 Å². The van der Waals surface area contributed by atoms with Crippen molar-refractivity contribution in [2.45, 2.75) is 24.7 Å². The van der Waals surface area contributed by atoms with E-state index < -0.39 is 35.6 Å². The smallest absolute Gasteiger partial charge is 0.233 e. The molecule has 7 nitrogen and oxygen atoms in total. The van der Waals surface area contributed by atoms with Gasteiger partial charge < -0.3 is 20.1 Å². The van der Waals surface area contributed by atoms with Crippen molar-refractivity contribution in [1.82, 2.24) is 4.90 Å². The van der Waals surface area contributed by atoms with Crippen LogP contribution < -0.4 is 0 Å². The van der Waals surface area contributed by atoms with Crippen molar-refractivity contribution < 1.29 is 29.6 Å². The summed E-state index contributed by atoms with van der Waals surface area (Å²) in [5.74, 6) is -4.78. The Kier molecular flexibility index (Phi) is 4.04. The molecule has 3 aliphatic rings. The molecule has 0 radical (unpaired) electrons. The molecule has 6 atom stereocenters. The highest BCUT2D eigenvalue weighted by atomic mass is 35.5. The molecule has 2 amide bonds. The molecule has 0 unspecified atom stereocenters. The molecule has 4 rings (SSSR count). The molecule has 0 bridgehead atoms. The summed E-state index contributed by atoms with van der Waals surface area (Å²) in [5, 5.41) is 30.8. The van der Waals surface area contributed by atoms with Crippen molar-refractivity contribution in [1.29, 1.82) is 0 Å². The molecular formula is C18H20ClNO6. The fraction of sp³-hybridized carbons (Fsp3) is 0.556. The molecule has 1 aromatic rings. The molecule has 1 aliphatic carbocycles. The molecule has 2 heterocycles. The number of nitrogens with zero attached hydrogens (tertiary/aromatic N) is 1. The Morgan fingerprint density at radius 3 is 2.69 bits per heavy atom. The number of fused-ring (bicyclic) bond motifs is 3. The van der Waals surface area contributed by atoms with Gasteiger partial charge in [-0.3, -0.25) is 14.5 Å². The van der Waals surface area contributed by atoms with E-state index in [1.165, 1.54) is 19.2 Å². The van der Waals surface area contributed by atoms with Crippen LogP contribution in [0, 0.1) is 23.7 Å². The summed E-state index contributed by atoms with van der Waals surface area (Å²) in [4.78, 5) is 26.1. The molecule has 3 fully saturated rings. The minimum absolute atomic E-state index is 0.0133. The SMILES string of the molecule is CN1C(=O)[C@H]2[C@H](C[C@H](CO)[C@@]3(O)O[C@H](c4ccc(O)cc4Cl)C[C@@H]23)C1=O. The van der Waals surface area contributed by atoms with E-state index in [1.807, 2.05) is 0 Å². The first-order valence-electron chi connectivity index (χ1n) is 8.58. The van der Waals surface area contributed by atoms with Crippen LogP contribution in [0.15, 0.2) is 18.2 Å². The lowest BCUT2D eigenvalue weighted by Gasteiger charge is -2.44. The molecule has 2 saturated heterocycles. The second kappa shape index (κ2) is 5.92. The van der Waals surface area contributed by atoms with Crippen molar-refractivity contribution in [3.05, 3.63) is 28.8 Å². The maximum atomic E-state index is 12.6. The van der Waals surface area contributed by atoms with Gasteiger partial charge in [-0.15, -0.1) is 0 Å². The number of aliphatic hydroxyl groups excluding tert-OH is 1. The number of carbonyl (C=O) groups is 2. The Bertz CT molecular complexity index is 785. The number of ether oxygens (including phenoxy) is 1. The summed E-state index contributed by atoms with van der Waals surface area (Å²) in [6, 6.07) is 4.47. The lowest BCUT2D eigenvalue weighted by atomic mass is 9.64. The highest BCUT2D eigenvalue weighted by molar-refractivity contribution is 6.31. The zero-order chi connectivity index (χ0) is 18.8. The molecule has 2 aliphatic heterocycles. The van der Waals surface area contributed by atoms with Gasteiger partial charge in [0.1, 0.15) is 5.75 Å². The summed E-state index contributed by atoms with van der Waals surface area (Å²) in [6.45, 7) is -0.350. The summed E-state index contributed by atoms with van der Waals surface area (Å²) in [6.07, 6.45) is -0.107. The molecular weight excluding hydrogens is 362 g/mol. The number of hydrogen-bond donors (Lipinski definition) is 3. The first kappa shape index (κ1) is 17.7. The number of aromatic hydroxyl groups is 1. The van der Waals surface area contributed by atoms with Crippen LogP contribution >= 0.6 is 11.6 Å². The largest absolute Gasteiger partial charge is 0.508 e. The molecule has 8 heteroatoms. The number of likely N-dealkylation sites (tertiary alicyclic amines) is 1. The van der Waals surface area contributed by atoms with Gasteiger partial charge in [-0.05, 0) is 30.5 Å². The summed E-state index contributed by atoms with van der Waals surface area (Å²) >= 11 is 6.21. The number of hydrogen-bond acceptors (Lipinski definition) is 6. The van der Waals surface area contributed by atoms with Crippen molar-refractivity contribution in [3.63, 3.8) is 0 Å². The van der Waals surface area contributed by atoms with E-state index in [1.54, 1.807) is 6.07 Å². The van der Waals surface area contributed by atoms with Gasteiger partial charge in [0.25, 0.3) is 0 Å². The fourth-order valence-electron chi connectivity index (χ4n) is 4.82. The maximum absolute atomic E-state index is 12.6. The van der Waals surface area contributed by atoms with E-state index in [0.29, 0.717) is 17.0 Å². The Morgan fingerprint density at radius 1 is 1.31 bits per heavy atom. The number of amides is 2. The number of benzene rings is 1. The highest BCUT2D eigenvalue weighted by Crippen LogP contribution is 2.58. The number of phenolic OH excluding ortho intramolecular Hbond substituents is 1. The number of aliphatic hydroxyl groups is 2. The van der Waals surface area contributed by atoms with Crippen LogP contribution in [0.1, 0.15) is 24.5 Å². The van der Waals surface area contributed by atoms with E-state index in [9.17, 15) is 24.9 Å². The lowest BCUT2D eigenvalue weighted by Crippen LogP contribution is -2.54. The van der Waals surface area contributed by atoms with Crippen molar-refractivity contribution in [3.8, 4) is 5.75 Å². The minimum atomic E-state index is -1.71. The normalized spacial score (nSPS) is 39.2. The molecule has 26 heavy (non-hydrogen) atoms. The third-order valence-electron chi connectivity index (χ3n) is 6.14. The molecule has 3 N–H and O–H groups in total. The van der Waals surface area contributed by atoms with Crippen LogP contribution in [-0.2, 0) is 14.3 Å². The average Bonchev–Trinajstić information content (AvgIpc) is 3.04. The van der Waals surface area contributed by atoms with Gasteiger partial charge in [0.2, 0.25) is 11.8 Å². The summed E-state index contributed by atoms with van der Waals surface area (Å²) in [7, 11) is 1.44. The van der Waals surface area contributed by atoms with Gasteiger partial charge in [0, 0.05) is 18.9 Å². The third-order valence-corrected chi connectivity index (χ3v) is 6.46. The summed E-state index contributed by atoms with van der Waals surface area (Å²) in [5.41, 5.74) is 0.589. The van der Waals surface area contributed by atoms with Crippen LogP contribution in [0.4, 0.5) is 0 Å². The Morgan fingerprint density at radius 2 is 2.04 bits per heavy atom. The minimum Gasteiger partial charge on any atom is -0.508 e. The van der Waals surface area contributed by atoms with E-state index >= 15 is 0 Å². The lowest BCUT2D eigenvalue weighted by molar-refractivity contribution is -0.274. The van der Waals surface area contributed by atoms with Crippen molar-refractivity contribution in [2.75, 3.05) is 13.7 Å². The van der Waals surface area contributed by atoms with Gasteiger partial charge in [-0.1, -0.05) is 17.7 Å². The third kappa shape index (κ3) is 2.31. The zero-order valence-electron chi connectivity index (χ0n) is 14.1. The Balaban J connectivity index is 1.73. The van der Waals surface area contributed by atoms with E-state index in [4.69, 9.17) is 16.3 Å². The number of halogens is 1. The van der Waals surface area contributed by atoms with Crippen LogP contribution in [0.3, 0.4) is 0 Å². The topological polar surface area (TPSA) is 107 Å². The number of phenols is 1. The van der Waals surface area contributed by atoms with Gasteiger partial charge in [-0.25, -0.2) is 0 Å². The maximum Gasteiger partial charge on any atom is 0.233 e. The second-order valence-electron chi connectivity index (χ2n) is 7.39. The first-order valence-corrected chi connectivity index (χ1v) is 8.96. The quantitative estimate of drug-likeness (QED) is 0.661. The van der Waals surface area contributed by atoms with E-state index in [2.05, 4.69) is 0 Å². The monoisotopic (exact) mass is 381 g/mol. The average molecular weight is 382 g/mol. The highest BCUT2D eigenvalue weighted by Gasteiger charge is 2.66. The first-order chi connectivity index (χ1) is 12.3. The van der Waals surface area contributed by atoms with E-state index in [-0.39, 0.29) is 30.6 Å². The fourth-order valence-corrected chi connectivity index (χ4v) is 5.12. The number of imide groups is 1.